The molecule has 0 unspecified atom stereocenters. The number of carbonyl (C=O) groups is 1. The molecule has 0 aliphatic heterocycles. The summed E-state index contributed by atoms with van der Waals surface area (Å²) in [6.45, 7) is 9.91. The number of aliphatic hydroxyl groups is 1. The molecular formula is C37H57F3N4O4. The van der Waals surface area contributed by atoms with Gasteiger partial charge in [-0.05, 0) is 63.1 Å². The molecule has 0 aromatic heterocycles. The highest BCUT2D eigenvalue weighted by atomic mass is 19.4. The van der Waals surface area contributed by atoms with E-state index in [9.17, 15) is 18.0 Å². The van der Waals surface area contributed by atoms with Gasteiger partial charge in [0.05, 0.1) is 18.5 Å². The number of hydroxylamine groups is 1. The van der Waals surface area contributed by atoms with Gasteiger partial charge in [0.25, 0.3) is 0 Å². The van der Waals surface area contributed by atoms with Gasteiger partial charge < -0.3 is 26.2 Å². The minimum Gasteiger partial charge on any atom is -0.405 e. The van der Waals surface area contributed by atoms with Crippen LogP contribution in [0.3, 0.4) is 0 Å². The van der Waals surface area contributed by atoms with E-state index >= 15 is 0 Å². The first-order chi connectivity index (χ1) is 23.1. The third-order valence-electron chi connectivity index (χ3n) is 7.09. The Morgan fingerprint density at radius 3 is 2.21 bits per heavy atom. The zero-order valence-corrected chi connectivity index (χ0v) is 29.5. The summed E-state index contributed by atoms with van der Waals surface area (Å²) in [5, 5.41) is 13.6. The van der Waals surface area contributed by atoms with Gasteiger partial charge in [-0.1, -0.05) is 87.7 Å². The average molecular weight is 679 g/mol. The van der Waals surface area contributed by atoms with E-state index in [0.717, 1.165) is 61.4 Å². The summed E-state index contributed by atoms with van der Waals surface area (Å²) in [6, 6.07) is 13.4. The first-order valence-electron chi connectivity index (χ1n) is 16.4. The van der Waals surface area contributed by atoms with Crippen LogP contribution >= 0.6 is 0 Å². The normalized spacial score (nSPS) is 13.8. The van der Waals surface area contributed by atoms with Crippen molar-refractivity contribution in [2.24, 2.45) is 11.7 Å². The Labute approximate surface area is 285 Å². The van der Waals surface area contributed by atoms with Crippen molar-refractivity contribution in [1.82, 2.24) is 16.1 Å². The Balaban J connectivity index is 0.000000698. The number of allylic oxidation sites excluding steroid dienone is 4. The highest BCUT2D eigenvalue weighted by molar-refractivity contribution is 5.74. The molecule has 1 saturated carbocycles. The predicted molar refractivity (Wildman–Crippen MR) is 189 cm³/mol. The van der Waals surface area contributed by atoms with Crippen LogP contribution in [0, 0.1) is 5.92 Å². The molecule has 0 spiro atoms. The number of hydrogen-bond acceptors (Lipinski definition) is 8. The van der Waals surface area contributed by atoms with E-state index in [0.29, 0.717) is 24.2 Å². The average Bonchev–Trinajstić information content (AvgIpc) is 3.10. The van der Waals surface area contributed by atoms with E-state index < -0.39 is 6.36 Å². The highest BCUT2D eigenvalue weighted by Gasteiger charge is 2.31. The zero-order chi connectivity index (χ0) is 36.2. The van der Waals surface area contributed by atoms with Gasteiger partial charge in [-0.15, -0.1) is 13.2 Å². The molecule has 1 fully saturated rings. The van der Waals surface area contributed by atoms with Crippen molar-refractivity contribution < 1.29 is 32.6 Å². The molecule has 1 aliphatic rings. The lowest BCUT2D eigenvalue weighted by Gasteiger charge is -2.24. The number of alkyl halides is 3. The zero-order valence-electron chi connectivity index (χ0n) is 29.5. The number of hydrogen-bond donors (Lipinski definition) is 5. The Bertz CT molecular complexity index is 1230. The van der Waals surface area contributed by atoms with Crippen molar-refractivity contribution >= 4 is 6.29 Å². The number of benzene rings is 2. The van der Waals surface area contributed by atoms with Gasteiger partial charge in [0.1, 0.15) is 12.0 Å². The Morgan fingerprint density at radius 2 is 1.65 bits per heavy atom. The van der Waals surface area contributed by atoms with Crippen LogP contribution in [0.2, 0.25) is 0 Å². The van der Waals surface area contributed by atoms with Gasteiger partial charge in [0, 0.05) is 43.6 Å². The Morgan fingerprint density at radius 1 is 0.979 bits per heavy atom. The van der Waals surface area contributed by atoms with Gasteiger partial charge in [-0.3, -0.25) is 15.1 Å². The van der Waals surface area contributed by atoms with E-state index in [1.807, 2.05) is 45.1 Å². The second-order valence-corrected chi connectivity index (χ2v) is 10.8. The number of nitrogens with two attached hydrogens (primary N) is 1. The monoisotopic (exact) mass is 678 g/mol. The molecule has 3 rings (SSSR count). The number of aliphatic hydroxyl groups excluding tert-OH is 1. The molecule has 2 aromatic rings. The molecule has 270 valence electrons. The number of halogens is 3. The van der Waals surface area contributed by atoms with Crippen LogP contribution in [0.4, 0.5) is 13.2 Å². The van der Waals surface area contributed by atoms with Crippen molar-refractivity contribution in [3.63, 3.8) is 0 Å². The lowest BCUT2D eigenvalue weighted by molar-refractivity contribution is -0.274. The lowest BCUT2D eigenvalue weighted by atomic mass is 9.89. The maximum atomic E-state index is 12.2. The molecule has 0 atom stereocenters. The van der Waals surface area contributed by atoms with E-state index in [1.165, 1.54) is 44.2 Å². The SMILES string of the molecule is C/C=C(NOC)\C(=C/CC)NCC1CCCCC1.CC/C=C(/C)NCc1ccccc1OC(F)(F)F.CO.NCc1cccc(C=O)c1. The number of nitrogens with one attached hydrogen (secondary N) is 3. The van der Waals surface area contributed by atoms with Crippen LogP contribution < -0.4 is 26.6 Å². The predicted octanol–water partition coefficient (Wildman–Crippen LogP) is 8.06. The van der Waals surface area contributed by atoms with Crippen molar-refractivity contribution in [1.29, 1.82) is 0 Å². The lowest BCUT2D eigenvalue weighted by Crippen LogP contribution is -2.28. The fourth-order valence-corrected chi connectivity index (χ4v) is 4.79. The van der Waals surface area contributed by atoms with Crippen LogP contribution in [0.1, 0.15) is 94.1 Å². The molecule has 0 radical (unpaired) electrons. The Hall–Kier alpha value is -3.80. The van der Waals surface area contributed by atoms with Crippen molar-refractivity contribution in [2.45, 2.75) is 92.1 Å². The third kappa shape index (κ3) is 20.4. The van der Waals surface area contributed by atoms with E-state index in [1.54, 1.807) is 31.4 Å². The fraction of sp³-hybridized carbons (Fsp3) is 0.486. The van der Waals surface area contributed by atoms with Crippen LogP contribution in [0.5, 0.6) is 5.75 Å². The summed E-state index contributed by atoms with van der Waals surface area (Å²) < 4.78 is 40.5. The fourth-order valence-electron chi connectivity index (χ4n) is 4.79. The van der Waals surface area contributed by atoms with E-state index in [-0.39, 0.29) is 5.75 Å². The standard InChI is InChI=1S/C15H28N2O.C13H16F3NO.C8H9NO.CH4O/c1-4-9-15(14(5-2)17-18-3)16-12-13-10-7-6-8-11-13;1-3-6-10(2)17-9-11-7-4-5-8-12(11)18-13(14,15)16;9-5-7-2-1-3-8(4-7)6-10;1-2/h5,9,13,16-17H,4,6-8,10-12H2,1-3H3;4-8,17H,3,9H2,1-2H3;1-4,6H,5,9H2;2H,1H3/b14-5+,15-9+;10-6-;;. The molecule has 48 heavy (non-hydrogen) atoms. The number of aldehydes is 1. The molecule has 0 heterocycles. The maximum Gasteiger partial charge on any atom is 0.573 e. The Kier molecular flexibility index (Phi) is 25.0. The summed E-state index contributed by atoms with van der Waals surface area (Å²) >= 11 is 0. The van der Waals surface area contributed by atoms with Crippen LogP contribution in [-0.4, -0.2) is 38.5 Å². The quantitative estimate of drug-likeness (QED) is 0.0774. The van der Waals surface area contributed by atoms with Crippen LogP contribution in [-0.2, 0) is 17.9 Å². The van der Waals surface area contributed by atoms with Crippen molar-refractivity contribution in [3.8, 4) is 5.75 Å². The second kappa shape index (κ2) is 27.2. The molecule has 0 amide bonds. The first-order valence-corrected chi connectivity index (χ1v) is 16.4. The van der Waals surface area contributed by atoms with Gasteiger partial charge in [0.2, 0.25) is 0 Å². The molecule has 6 N–H and O–H groups in total. The molecule has 11 heteroatoms. The van der Waals surface area contributed by atoms with Gasteiger partial charge in [-0.25, -0.2) is 0 Å². The topological polar surface area (TPSA) is 118 Å². The molecule has 0 bridgehead atoms. The van der Waals surface area contributed by atoms with Crippen molar-refractivity contribution in [2.75, 3.05) is 20.8 Å². The molecular weight excluding hydrogens is 621 g/mol. The minimum absolute atomic E-state index is 0.165. The smallest absolute Gasteiger partial charge is 0.405 e. The van der Waals surface area contributed by atoms with Crippen LogP contribution in [0.15, 0.2) is 83.9 Å². The summed E-state index contributed by atoms with van der Waals surface area (Å²) in [6.07, 6.45) is 11.2. The number of ether oxygens (including phenoxy) is 1. The number of carbonyl (C=O) groups excluding carboxylic acids is 1. The second-order valence-electron chi connectivity index (χ2n) is 10.8. The first kappa shape index (κ1) is 44.2. The van der Waals surface area contributed by atoms with Crippen LogP contribution in [0.25, 0.3) is 0 Å². The largest absolute Gasteiger partial charge is 0.573 e. The minimum atomic E-state index is -4.66. The van der Waals surface area contributed by atoms with Crippen molar-refractivity contribution in [3.05, 3.63) is 101 Å². The van der Waals surface area contributed by atoms with E-state index in [4.69, 9.17) is 15.7 Å². The van der Waals surface area contributed by atoms with Gasteiger partial charge >= 0.3 is 6.36 Å². The summed E-state index contributed by atoms with van der Waals surface area (Å²) in [5.74, 6) is 0.668. The molecule has 2 aromatic carbocycles. The third-order valence-corrected chi connectivity index (χ3v) is 7.09. The number of rotatable bonds is 14. The molecule has 0 saturated heterocycles. The maximum absolute atomic E-state index is 12.2. The summed E-state index contributed by atoms with van der Waals surface area (Å²) in [7, 11) is 2.65. The summed E-state index contributed by atoms with van der Waals surface area (Å²) in [4.78, 5) is 15.2. The summed E-state index contributed by atoms with van der Waals surface area (Å²) in [5.41, 5.74) is 13.6. The van der Waals surface area contributed by atoms with E-state index in [2.05, 4.69) is 33.9 Å². The molecule has 1 aliphatic carbocycles. The van der Waals surface area contributed by atoms with Gasteiger partial charge in [-0.2, -0.15) is 0 Å². The molecule has 8 nitrogen and oxygen atoms in total. The van der Waals surface area contributed by atoms with Gasteiger partial charge in [0.15, 0.2) is 0 Å². The number of para-hydroxylation sites is 1. The highest BCUT2D eigenvalue weighted by Crippen LogP contribution is 2.26.